The third kappa shape index (κ3) is 3.54. The first kappa shape index (κ1) is 15.4. The normalized spacial score (nSPS) is 18.7. The van der Waals surface area contributed by atoms with Crippen molar-refractivity contribution in [3.05, 3.63) is 24.3 Å². The number of carbonyl (C=O) groups excluding carboxylic acids is 2. The van der Waals surface area contributed by atoms with Gasteiger partial charge in [-0.25, -0.2) is 0 Å². The minimum absolute atomic E-state index is 0.0254. The fourth-order valence-corrected chi connectivity index (χ4v) is 2.49. The van der Waals surface area contributed by atoms with E-state index in [0.29, 0.717) is 11.4 Å². The number of rotatable bonds is 5. The molecule has 1 heterocycles. The van der Waals surface area contributed by atoms with Crippen molar-refractivity contribution in [1.29, 1.82) is 0 Å². The Morgan fingerprint density at radius 2 is 2.14 bits per heavy atom. The van der Waals surface area contributed by atoms with E-state index < -0.39 is 6.10 Å². The molecule has 5 heteroatoms. The summed E-state index contributed by atoms with van der Waals surface area (Å²) in [4.78, 5) is 25.9. The first-order valence-electron chi connectivity index (χ1n) is 7.39. The van der Waals surface area contributed by atoms with Crippen LogP contribution in [0.5, 0.6) is 5.75 Å². The number of nitrogens with zero attached hydrogens (tertiary/aromatic N) is 1. The summed E-state index contributed by atoms with van der Waals surface area (Å²) in [6.07, 6.45) is 1.37. The van der Waals surface area contributed by atoms with Crippen LogP contribution in [-0.4, -0.2) is 30.5 Å². The lowest BCUT2D eigenvalue weighted by atomic mass is 10.1. The van der Waals surface area contributed by atoms with Gasteiger partial charge in [-0.3, -0.25) is 14.5 Å². The third-order valence-corrected chi connectivity index (χ3v) is 3.50. The number of benzene rings is 1. The molecule has 114 valence electrons. The molecule has 0 spiro atoms. The maximum Gasteiger partial charge on any atom is 0.268 e. The molecule has 5 nitrogen and oxygen atoms in total. The Bertz CT molecular complexity index is 530. The zero-order valence-corrected chi connectivity index (χ0v) is 12.8. The highest BCUT2D eigenvalue weighted by atomic mass is 16.5. The van der Waals surface area contributed by atoms with Crippen molar-refractivity contribution in [2.45, 2.75) is 45.8 Å². The summed E-state index contributed by atoms with van der Waals surface area (Å²) >= 11 is 0. The maximum absolute atomic E-state index is 12.3. The van der Waals surface area contributed by atoms with Crippen molar-refractivity contribution in [3.63, 3.8) is 0 Å². The van der Waals surface area contributed by atoms with Gasteiger partial charge in [-0.05, 0) is 32.4 Å². The summed E-state index contributed by atoms with van der Waals surface area (Å²) in [6, 6.07) is 7.40. The highest BCUT2D eigenvalue weighted by molar-refractivity contribution is 6.03. The minimum Gasteiger partial charge on any atom is -0.479 e. The Hall–Kier alpha value is -2.04. The summed E-state index contributed by atoms with van der Waals surface area (Å²) in [5, 5.41) is 2.92. The molecule has 0 fully saturated rings. The average Bonchev–Trinajstić information content (AvgIpc) is 2.44. The minimum atomic E-state index is -0.569. The van der Waals surface area contributed by atoms with E-state index in [9.17, 15) is 9.59 Å². The molecule has 1 aromatic rings. The molecule has 0 aromatic heterocycles. The van der Waals surface area contributed by atoms with E-state index in [1.54, 1.807) is 13.0 Å². The number of para-hydroxylation sites is 2. The van der Waals surface area contributed by atoms with E-state index in [1.807, 2.05) is 25.1 Å². The molecule has 21 heavy (non-hydrogen) atoms. The van der Waals surface area contributed by atoms with Gasteiger partial charge < -0.3 is 10.1 Å². The second-order valence-corrected chi connectivity index (χ2v) is 5.41. The van der Waals surface area contributed by atoms with Gasteiger partial charge >= 0.3 is 0 Å². The van der Waals surface area contributed by atoms with Gasteiger partial charge in [-0.15, -0.1) is 0 Å². The van der Waals surface area contributed by atoms with Crippen molar-refractivity contribution in [1.82, 2.24) is 5.32 Å². The van der Waals surface area contributed by atoms with Crippen LogP contribution in [0, 0.1) is 0 Å². The fourth-order valence-electron chi connectivity index (χ4n) is 2.49. The Labute approximate surface area is 125 Å². The van der Waals surface area contributed by atoms with E-state index in [2.05, 4.69) is 12.2 Å². The van der Waals surface area contributed by atoms with Crippen molar-refractivity contribution >= 4 is 17.5 Å². The van der Waals surface area contributed by atoms with Crippen LogP contribution in [-0.2, 0) is 9.59 Å². The van der Waals surface area contributed by atoms with Gasteiger partial charge in [0.1, 0.15) is 12.3 Å². The van der Waals surface area contributed by atoms with Crippen LogP contribution in [0.25, 0.3) is 0 Å². The lowest BCUT2D eigenvalue weighted by Gasteiger charge is -2.32. The molecule has 2 unspecified atom stereocenters. The smallest absolute Gasteiger partial charge is 0.268 e. The monoisotopic (exact) mass is 290 g/mol. The van der Waals surface area contributed by atoms with E-state index >= 15 is 0 Å². The summed E-state index contributed by atoms with van der Waals surface area (Å²) in [5.41, 5.74) is 0.652. The highest BCUT2D eigenvalue weighted by Gasteiger charge is 2.32. The quantitative estimate of drug-likeness (QED) is 0.903. The fraction of sp³-hybridized carbons (Fsp3) is 0.500. The van der Waals surface area contributed by atoms with Crippen LogP contribution in [0.15, 0.2) is 24.3 Å². The zero-order valence-electron chi connectivity index (χ0n) is 12.8. The second-order valence-electron chi connectivity index (χ2n) is 5.41. The highest BCUT2D eigenvalue weighted by Crippen LogP contribution is 2.33. The molecule has 2 atom stereocenters. The number of carbonyl (C=O) groups is 2. The number of nitrogens with one attached hydrogen (secondary N) is 1. The van der Waals surface area contributed by atoms with Crippen LogP contribution in [0.2, 0.25) is 0 Å². The standard InChI is InChI=1S/C16H22N2O3/c1-4-7-11(2)17-15(19)10-18-13-8-5-6-9-14(13)21-12(3)16(18)20/h5-6,8-9,11-12H,4,7,10H2,1-3H3,(H,17,19). The van der Waals surface area contributed by atoms with Crippen molar-refractivity contribution < 1.29 is 14.3 Å². The van der Waals surface area contributed by atoms with E-state index in [4.69, 9.17) is 4.74 Å². The Balaban J connectivity index is 2.11. The molecule has 1 N–H and O–H groups in total. The predicted octanol–water partition coefficient (Wildman–Crippen LogP) is 2.11. The van der Waals surface area contributed by atoms with E-state index in [0.717, 1.165) is 12.8 Å². The number of hydrogen-bond acceptors (Lipinski definition) is 3. The zero-order chi connectivity index (χ0) is 15.4. The molecule has 1 aromatic carbocycles. The van der Waals surface area contributed by atoms with Crippen LogP contribution < -0.4 is 15.0 Å². The topological polar surface area (TPSA) is 58.6 Å². The number of amides is 2. The van der Waals surface area contributed by atoms with E-state index in [1.165, 1.54) is 4.90 Å². The SMILES string of the molecule is CCCC(C)NC(=O)CN1C(=O)C(C)Oc2ccccc21. The molecule has 0 radical (unpaired) electrons. The first-order chi connectivity index (χ1) is 10.0. The van der Waals surface area contributed by atoms with Gasteiger partial charge in [0.05, 0.1) is 5.69 Å². The molecule has 1 aliphatic rings. The molecular formula is C16H22N2O3. The van der Waals surface area contributed by atoms with E-state index in [-0.39, 0.29) is 24.4 Å². The largest absolute Gasteiger partial charge is 0.479 e. The molecule has 1 aliphatic heterocycles. The summed E-state index contributed by atoms with van der Waals surface area (Å²) in [7, 11) is 0. The van der Waals surface area contributed by atoms with Gasteiger partial charge in [-0.1, -0.05) is 25.5 Å². The summed E-state index contributed by atoms with van der Waals surface area (Å²) in [5.74, 6) is 0.305. The lowest BCUT2D eigenvalue weighted by molar-refractivity contribution is -0.128. The van der Waals surface area contributed by atoms with Crippen LogP contribution >= 0.6 is 0 Å². The number of ether oxygens (including phenoxy) is 1. The summed E-state index contributed by atoms with van der Waals surface area (Å²) < 4.78 is 5.55. The molecule has 2 amide bonds. The molecule has 0 aliphatic carbocycles. The summed E-state index contributed by atoms with van der Waals surface area (Å²) in [6.45, 7) is 5.77. The van der Waals surface area contributed by atoms with Crippen molar-refractivity contribution in [3.8, 4) is 5.75 Å². The molecular weight excluding hydrogens is 268 g/mol. The Morgan fingerprint density at radius 3 is 2.86 bits per heavy atom. The Morgan fingerprint density at radius 1 is 1.43 bits per heavy atom. The van der Waals surface area contributed by atoms with Gasteiger partial charge in [0.25, 0.3) is 5.91 Å². The first-order valence-corrected chi connectivity index (χ1v) is 7.39. The van der Waals surface area contributed by atoms with Crippen LogP contribution in [0.4, 0.5) is 5.69 Å². The second kappa shape index (κ2) is 6.61. The number of fused-ring (bicyclic) bond motifs is 1. The molecule has 2 rings (SSSR count). The van der Waals surface area contributed by atoms with Crippen LogP contribution in [0.3, 0.4) is 0 Å². The average molecular weight is 290 g/mol. The number of hydrogen-bond donors (Lipinski definition) is 1. The molecule has 0 saturated carbocycles. The van der Waals surface area contributed by atoms with Gasteiger partial charge in [0, 0.05) is 6.04 Å². The van der Waals surface area contributed by atoms with Gasteiger partial charge in [0.2, 0.25) is 5.91 Å². The maximum atomic E-state index is 12.3. The van der Waals surface area contributed by atoms with Gasteiger partial charge in [0.15, 0.2) is 6.10 Å². The molecule has 0 bridgehead atoms. The van der Waals surface area contributed by atoms with Crippen molar-refractivity contribution in [2.24, 2.45) is 0 Å². The Kier molecular flexibility index (Phi) is 4.83. The predicted molar refractivity (Wildman–Crippen MR) is 81.4 cm³/mol. The van der Waals surface area contributed by atoms with Gasteiger partial charge in [-0.2, -0.15) is 0 Å². The lowest BCUT2D eigenvalue weighted by Crippen LogP contribution is -2.49. The van der Waals surface area contributed by atoms with Crippen molar-refractivity contribution in [2.75, 3.05) is 11.4 Å². The third-order valence-electron chi connectivity index (χ3n) is 3.50. The molecule has 0 saturated heterocycles. The van der Waals surface area contributed by atoms with Crippen LogP contribution in [0.1, 0.15) is 33.6 Å². The number of anilines is 1.